The first-order valence-electron chi connectivity index (χ1n) is 9.49. The molecule has 0 aliphatic rings. The van der Waals surface area contributed by atoms with Crippen molar-refractivity contribution in [3.8, 4) is 0 Å². The minimum absolute atomic E-state index is 0.111. The first-order chi connectivity index (χ1) is 14.0. The molecule has 0 saturated heterocycles. The van der Waals surface area contributed by atoms with E-state index < -0.39 is 0 Å². The third kappa shape index (κ3) is 5.02. The van der Waals surface area contributed by atoms with E-state index in [9.17, 15) is 9.59 Å². The van der Waals surface area contributed by atoms with Crippen LogP contribution in [0.15, 0.2) is 72.8 Å². The SMILES string of the molecule is Cc1cccc(NC(=O)CNc2cccc(C(=O)N(C)c3ccccc3)c2)c1C. The molecule has 0 bridgehead atoms. The zero-order chi connectivity index (χ0) is 20.8. The Labute approximate surface area is 171 Å². The highest BCUT2D eigenvalue weighted by atomic mass is 16.2. The number of nitrogens with one attached hydrogen (secondary N) is 2. The van der Waals surface area contributed by atoms with Crippen molar-refractivity contribution < 1.29 is 9.59 Å². The van der Waals surface area contributed by atoms with Gasteiger partial charge in [-0.15, -0.1) is 0 Å². The summed E-state index contributed by atoms with van der Waals surface area (Å²) in [7, 11) is 1.75. The van der Waals surface area contributed by atoms with Crippen molar-refractivity contribution in [1.82, 2.24) is 0 Å². The van der Waals surface area contributed by atoms with Crippen molar-refractivity contribution in [3.05, 3.63) is 89.5 Å². The van der Waals surface area contributed by atoms with Crippen molar-refractivity contribution in [1.29, 1.82) is 0 Å². The number of hydrogen-bond donors (Lipinski definition) is 2. The summed E-state index contributed by atoms with van der Waals surface area (Å²) >= 11 is 0. The topological polar surface area (TPSA) is 61.4 Å². The number of carbonyl (C=O) groups excluding carboxylic acids is 2. The van der Waals surface area contributed by atoms with Crippen molar-refractivity contribution in [3.63, 3.8) is 0 Å². The summed E-state index contributed by atoms with van der Waals surface area (Å²) in [4.78, 5) is 26.7. The van der Waals surface area contributed by atoms with Gasteiger partial charge in [0.1, 0.15) is 0 Å². The van der Waals surface area contributed by atoms with Gasteiger partial charge in [0, 0.05) is 29.7 Å². The van der Waals surface area contributed by atoms with E-state index in [2.05, 4.69) is 10.6 Å². The molecule has 3 aromatic carbocycles. The molecule has 3 rings (SSSR count). The van der Waals surface area contributed by atoms with Crippen molar-refractivity contribution >= 4 is 28.9 Å². The third-order valence-electron chi connectivity index (χ3n) is 4.89. The third-order valence-corrected chi connectivity index (χ3v) is 4.89. The lowest BCUT2D eigenvalue weighted by molar-refractivity contribution is -0.114. The predicted octanol–water partition coefficient (Wildman–Crippen LogP) is 4.63. The number of benzene rings is 3. The molecular weight excluding hydrogens is 362 g/mol. The highest BCUT2D eigenvalue weighted by molar-refractivity contribution is 6.06. The minimum Gasteiger partial charge on any atom is -0.376 e. The highest BCUT2D eigenvalue weighted by Gasteiger charge is 2.14. The van der Waals surface area contributed by atoms with Crippen LogP contribution in [0.4, 0.5) is 17.1 Å². The predicted molar refractivity (Wildman–Crippen MR) is 119 cm³/mol. The zero-order valence-electron chi connectivity index (χ0n) is 16.9. The van der Waals surface area contributed by atoms with Crippen LogP contribution in [0.1, 0.15) is 21.5 Å². The molecule has 2 amide bonds. The van der Waals surface area contributed by atoms with Gasteiger partial charge in [-0.05, 0) is 61.4 Å². The van der Waals surface area contributed by atoms with Gasteiger partial charge in [-0.25, -0.2) is 0 Å². The maximum Gasteiger partial charge on any atom is 0.258 e. The van der Waals surface area contributed by atoms with E-state index in [1.807, 2.05) is 68.4 Å². The largest absolute Gasteiger partial charge is 0.376 e. The molecule has 0 heterocycles. The van der Waals surface area contributed by atoms with Crippen LogP contribution < -0.4 is 15.5 Å². The second-order valence-electron chi connectivity index (χ2n) is 6.93. The van der Waals surface area contributed by atoms with E-state index in [0.29, 0.717) is 11.3 Å². The first-order valence-corrected chi connectivity index (χ1v) is 9.49. The molecule has 0 aromatic heterocycles. The Hall–Kier alpha value is -3.60. The molecule has 2 N–H and O–H groups in total. The molecule has 0 fully saturated rings. The summed E-state index contributed by atoms with van der Waals surface area (Å²) in [5.41, 5.74) is 5.08. The van der Waals surface area contributed by atoms with Crippen LogP contribution in [0, 0.1) is 13.8 Å². The fourth-order valence-electron chi connectivity index (χ4n) is 2.99. The molecule has 29 heavy (non-hydrogen) atoms. The molecule has 0 atom stereocenters. The van der Waals surface area contributed by atoms with E-state index in [1.165, 1.54) is 0 Å². The average molecular weight is 387 g/mol. The zero-order valence-corrected chi connectivity index (χ0v) is 16.9. The summed E-state index contributed by atoms with van der Waals surface area (Å²) < 4.78 is 0. The summed E-state index contributed by atoms with van der Waals surface area (Å²) in [6, 6.07) is 22.5. The Balaban J connectivity index is 1.63. The van der Waals surface area contributed by atoms with Crippen LogP contribution in [-0.2, 0) is 4.79 Å². The number of aryl methyl sites for hydroxylation is 1. The van der Waals surface area contributed by atoms with E-state index >= 15 is 0 Å². The van der Waals surface area contributed by atoms with Crippen molar-refractivity contribution in [2.45, 2.75) is 13.8 Å². The molecule has 3 aromatic rings. The highest BCUT2D eigenvalue weighted by Crippen LogP contribution is 2.19. The Bertz CT molecular complexity index is 1020. The number of anilines is 3. The van der Waals surface area contributed by atoms with E-state index in [4.69, 9.17) is 0 Å². The van der Waals surface area contributed by atoms with Gasteiger partial charge >= 0.3 is 0 Å². The van der Waals surface area contributed by atoms with Crippen LogP contribution in [0.5, 0.6) is 0 Å². The minimum atomic E-state index is -0.142. The van der Waals surface area contributed by atoms with E-state index in [-0.39, 0.29) is 18.4 Å². The fourth-order valence-corrected chi connectivity index (χ4v) is 2.99. The summed E-state index contributed by atoms with van der Waals surface area (Å²) in [6.45, 7) is 4.11. The molecule has 0 aliphatic heterocycles. The molecule has 0 unspecified atom stereocenters. The van der Waals surface area contributed by atoms with E-state index in [1.54, 1.807) is 30.1 Å². The molecular formula is C24H25N3O2. The van der Waals surface area contributed by atoms with Gasteiger partial charge in [0.2, 0.25) is 5.91 Å². The van der Waals surface area contributed by atoms with Gasteiger partial charge in [-0.3, -0.25) is 9.59 Å². The number of amides is 2. The molecule has 0 spiro atoms. The van der Waals surface area contributed by atoms with Crippen molar-refractivity contribution in [2.75, 3.05) is 29.1 Å². The lowest BCUT2D eigenvalue weighted by atomic mass is 10.1. The lowest BCUT2D eigenvalue weighted by Crippen LogP contribution is -2.26. The Morgan fingerprint density at radius 2 is 1.62 bits per heavy atom. The first kappa shape index (κ1) is 20.1. The Morgan fingerprint density at radius 1 is 0.897 bits per heavy atom. The molecule has 148 valence electrons. The Kier molecular flexibility index (Phi) is 6.29. The fraction of sp³-hybridized carbons (Fsp3) is 0.167. The van der Waals surface area contributed by atoms with Crippen LogP contribution in [-0.4, -0.2) is 25.4 Å². The van der Waals surface area contributed by atoms with Gasteiger partial charge in [0.15, 0.2) is 0 Å². The van der Waals surface area contributed by atoms with E-state index in [0.717, 1.165) is 22.5 Å². The number of hydrogen-bond acceptors (Lipinski definition) is 3. The Morgan fingerprint density at radius 3 is 2.38 bits per heavy atom. The van der Waals surface area contributed by atoms with Crippen LogP contribution in [0.25, 0.3) is 0 Å². The number of carbonyl (C=O) groups is 2. The second kappa shape index (κ2) is 9.06. The lowest BCUT2D eigenvalue weighted by Gasteiger charge is -2.18. The monoisotopic (exact) mass is 387 g/mol. The molecule has 5 heteroatoms. The maximum atomic E-state index is 12.8. The smallest absolute Gasteiger partial charge is 0.258 e. The number of nitrogens with zero attached hydrogens (tertiary/aromatic N) is 1. The maximum absolute atomic E-state index is 12.8. The normalized spacial score (nSPS) is 10.3. The molecule has 0 radical (unpaired) electrons. The second-order valence-corrected chi connectivity index (χ2v) is 6.93. The van der Waals surface area contributed by atoms with Gasteiger partial charge < -0.3 is 15.5 Å². The van der Waals surface area contributed by atoms with Crippen LogP contribution in [0.2, 0.25) is 0 Å². The van der Waals surface area contributed by atoms with Gasteiger partial charge in [-0.1, -0.05) is 36.4 Å². The standard InChI is InChI=1S/C24H25N3O2/c1-17-9-7-14-22(18(17)2)26-23(28)16-25-20-11-8-10-19(15-20)24(29)27(3)21-12-5-4-6-13-21/h4-15,25H,16H2,1-3H3,(H,26,28). The number of para-hydroxylation sites is 1. The van der Waals surface area contributed by atoms with Crippen molar-refractivity contribution in [2.24, 2.45) is 0 Å². The van der Waals surface area contributed by atoms with Gasteiger partial charge in [0.25, 0.3) is 5.91 Å². The summed E-state index contributed by atoms with van der Waals surface area (Å²) in [5, 5.41) is 6.01. The molecule has 0 aliphatic carbocycles. The summed E-state index contributed by atoms with van der Waals surface area (Å²) in [5.74, 6) is -0.253. The van der Waals surface area contributed by atoms with Gasteiger partial charge in [0.05, 0.1) is 6.54 Å². The average Bonchev–Trinajstić information content (AvgIpc) is 2.75. The molecule has 5 nitrogen and oxygen atoms in total. The summed E-state index contributed by atoms with van der Waals surface area (Å²) in [6.07, 6.45) is 0. The van der Waals surface area contributed by atoms with Gasteiger partial charge in [-0.2, -0.15) is 0 Å². The quantitative estimate of drug-likeness (QED) is 0.648. The van der Waals surface area contributed by atoms with Crippen LogP contribution >= 0.6 is 0 Å². The number of rotatable bonds is 6. The van der Waals surface area contributed by atoms with Crippen LogP contribution in [0.3, 0.4) is 0 Å². The molecule has 0 saturated carbocycles.